The lowest BCUT2D eigenvalue weighted by atomic mass is 10.0. The van der Waals surface area contributed by atoms with Crippen molar-refractivity contribution in [3.63, 3.8) is 0 Å². The van der Waals surface area contributed by atoms with Crippen molar-refractivity contribution < 1.29 is 4.79 Å². The van der Waals surface area contributed by atoms with E-state index in [2.05, 4.69) is 25.8 Å². The number of carbonyl (C=O) groups excluding carboxylic acids is 1. The number of hydrogen-bond donors (Lipinski definition) is 0. The summed E-state index contributed by atoms with van der Waals surface area (Å²) < 4.78 is 0. The van der Waals surface area contributed by atoms with Gasteiger partial charge in [0.25, 0.3) is 0 Å². The SMILES string of the molecule is CCC(C(C)C)[N@@]1CN1C=O. The molecule has 0 saturated carbocycles. The van der Waals surface area contributed by atoms with Crippen LogP contribution in [0.15, 0.2) is 0 Å². The molecule has 1 saturated heterocycles. The second-order valence-corrected chi connectivity index (χ2v) is 3.35. The highest BCUT2D eigenvalue weighted by Gasteiger charge is 2.36. The molecule has 0 aromatic carbocycles. The molecule has 2 atom stereocenters. The lowest BCUT2D eigenvalue weighted by Gasteiger charge is -2.19. The third-order valence-corrected chi connectivity index (χ3v) is 2.23. The Balaban J connectivity index is 2.39. The van der Waals surface area contributed by atoms with Gasteiger partial charge in [-0.2, -0.15) is 5.01 Å². The van der Waals surface area contributed by atoms with Gasteiger partial charge in [-0.25, -0.2) is 0 Å². The Morgan fingerprint density at radius 2 is 2.18 bits per heavy atom. The quantitative estimate of drug-likeness (QED) is 0.449. The van der Waals surface area contributed by atoms with E-state index < -0.39 is 0 Å². The van der Waals surface area contributed by atoms with Crippen molar-refractivity contribution in [1.82, 2.24) is 10.0 Å². The maximum atomic E-state index is 10.3. The summed E-state index contributed by atoms with van der Waals surface area (Å²) in [5, 5.41) is 3.83. The molecule has 0 N–H and O–H groups in total. The van der Waals surface area contributed by atoms with Gasteiger partial charge in [0.1, 0.15) is 6.67 Å². The highest BCUT2D eigenvalue weighted by atomic mass is 16.2. The second-order valence-electron chi connectivity index (χ2n) is 3.35. The Labute approximate surface area is 67.9 Å². The van der Waals surface area contributed by atoms with Crippen molar-refractivity contribution in [3.05, 3.63) is 0 Å². The molecule has 1 amide bonds. The van der Waals surface area contributed by atoms with Gasteiger partial charge in [-0.1, -0.05) is 20.8 Å². The summed E-state index contributed by atoms with van der Waals surface area (Å²) in [6.07, 6.45) is 2.01. The maximum absolute atomic E-state index is 10.3. The monoisotopic (exact) mass is 156 g/mol. The summed E-state index contributed by atoms with van der Waals surface area (Å²) >= 11 is 0. The van der Waals surface area contributed by atoms with E-state index in [1.165, 1.54) is 0 Å². The summed E-state index contributed by atoms with van der Waals surface area (Å²) in [6.45, 7) is 7.36. The zero-order valence-corrected chi connectivity index (χ0v) is 7.45. The van der Waals surface area contributed by atoms with E-state index >= 15 is 0 Å². The fraction of sp³-hybridized carbons (Fsp3) is 0.875. The first kappa shape index (κ1) is 8.53. The predicted octanol–water partition coefficient (Wildman–Crippen LogP) is 1.07. The fourth-order valence-electron chi connectivity index (χ4n) is 1.54. The van der Waals surface area contributed by atoms with Crippen molar-refractivity contribution >= 4 is 6.41 Å². The highest BCUT2D eigenvalue weighted by Crippen LogP contribution is 2.24. The zero-order valence-electron chi connectivity index (χ0n) is 7.45. The number of amides is 1. The number of rotatable bonds is 4. The molecule has 1 aliphatic rings. The first-order chi connectivity index (χ1) is 5.20. The molecule has 0 aromatic rings. The smallest absolute Gasteiger partial charge is 0.225 e. The molecule has 0 radical (unpaired) electrons. The molecule has 0 aromatic heterocycles. The third kappa shape index (κ3) is 1.71. The van der Waals surface area contributed by atoms with Gasteiger partial charge in [0.15, 0.2) is 0 Å². The Morgan fingerprint density at radius 1 is 1.55 bits per heavy atom. The zero-order chi connectivity index (χ0) is 8.43. The van der Waals surface area contributed by atoms with Gasteiger partial charge in [-0.3, -0.25) is 9.80 Å². The van der Waals surface area contributed by atoms with Crippen molar-refractivity contribution in [3.8, 4) is 0 Å². The average Bonchev–Trinajstić information content (AvgIpc) is 2.68. The van der Waals surface area contributed by atoms with Gasteiger partial charge >= 0.3 is 0 Å². The molecular formula is C8H16N2O. The van der Waals surface area contributed by atoms with Crippen molar-refractivity contribution in [1.29, 1.82) is 0 Å². The molecular weight excluding hydrogens is 140 g/mol. The van der Waals surface area contributed by atoms with Crippen LogP contribution in [0.1, 0.15) is 27.2 Å². The molecule has 3 heteroatoms. The van der Waals surface area contributed by atoms with Crippen LogP contribution in [-0.4, -0.2) is 29.1 Å². The van der Waals surface area contributed by atoms with Gasteiger partial charge in [0.2, 0.25) is 6.41 Å². The Hall–Kier alpha value is -0.570. The summed E-state index contributed by atoms with van der Waals surface area (Å²) in [7, 11) is 0. The topological polar surface area (TPSA) is 23.1 Å². The Kier molecular flexibility index (Phi) is 2.49. The van der Waals surface area contributed by atoms with Crippen molar-refractivity contribution in [2.75, 3.05) is 6.67 Å². The molecule has 11 heavy (non-hydrogen) atoms. The predicted molar refractivity (Wildman–Crippen MR) is 43.5 cm³/mol. The molecule has 1 heterocycles. The molecule has 1 fully saturated rings. The normalized spacial score (nSPS) is 25.5. The molecule has 1 rings (SSSR count). The second kappa shape index (κ2) is 3.22. The average molecular weight is 156 g/mol. The van der Waals surface area contributed by atoms with Crippen LogP contribution in [0, 0.1) is 5.92 Å². The molecule has 3 nitrogen and oxygen atoms in total. The fourth-order valence-corrected chi connectivity index (χ4v) is 1.54. The van der Waals surface area contributed by atoms with Crippen molar-refractivity contribution in [2.24, 2.45) is 5.92 Å². The lowest BCUT2D eigenvalue weighted by molar-refractivity contribution is -0.116. The van der Waals surface area contributed by atoms with Crippen LogP contribution < -0.4 is 0 Å². The summed E-state index contributed by atoms with van der Waals surface area (Å²) in [5.41, 5.74) is 0. The Bertz CT molecular complexity index is 147. The van der Waals surface area contributed by atoms with Gasteiger partial charge in [-0.15, -0.1) is 0 Å². The summed E-state index contributed by atoms with van der Waals surface area (Å²) in [5.74, 6) is 0.630. The van der Waals surface area contributed by atoms with Crippen LogP contribution in [0.3, 0.4) is 0 Å². The summed E-state index contributed by atoms with van der Waals surface area (Å²) in [4.78, 5) is 10.3. The number of carbonyl (C=O) groups is 1. The minimum Gasteiger partial charge on any atom is -0.277 e. The minimum atomic E-state index is 0.542. The van der Waals surface area contributed by atoms with E-state index in [1.54, 1.807) is 5.01 Å². The van der Waals surface area contributed by atoms with Gasteiger partial charge < -0.3 is 0 Å². The van der Waals surface area contributed by atoms with E-state index in [1.807, 2.05) is 0 Å². The maximum Gasteiger partial charge on any atom is 0.225 e. The van der Waals surface area contributed by atoms with E-state index in [0.717, 1.165) is 19.5 Å². The van der Waals surface area contributed by atoms with Gasteiger partial charge in [-0.05, 0) is 12.3 Å². The van der Waals surface area contributed by atoms with Gasteiger partial charge in [0, 0.05) is 6.04 Å². The molecule has 64 valence electrons. The summed E-state index contributed by atoms with van der Waals surface area (Å²) in [6, 6.07) is 0.542. The van der Waals surface area contributed by atoms with Gasteiger partial charge in [0.05, 0.1) is 0 Å². The molecule has 1 unspecified atom stereocenters. The van der Waals surface area contributed by atoms with E-state index in [-0.39, 0.29) is 0 Å². The van der Waals surface area contributed by atoms with E-state index in [4.69, 9.17) is 0 Å². The van der Waals surface area contributed by atoms with Crippen LogP contribution in [0.25, 0.3) is 0 Å². The van der Waals surface area contributed by atoms with Crippen LogP contribution in [0.4, 0.5) is 0 Å². The standard InChI is InChI=1S/C8H16N2O/c1-4-8(7(2)3)10-5-9(10)6-11/h6-8H,4-5H2,1-3H3/t8?,9?,10-/m1/s1. The van der Waals surface area contributed by atoms with E-state index in [0.29, 0.717) is 12.0 Å². The van der Waals surface area contributed by atoms with Crippen LogP contribution >= 0.6 is 0 Å². The molecule has 0 bridgehead atoms. The molecule has 0 aliphatic carbocycles. The first-order valence-electron chi connectivity index (χ1n) is 4.19. The van der Waals surface area contributed by atoms with E-state index in [9.17, 15) is 4.79 Å². The highest BCUT2D eigenvalue weighted by molar-refractivity contribution is 5.48. The number of hydrogen-bond acceptors (Lipinski definition) is 2. The van der Waals surface area contributed by atoms with Crippen LogP contribution in [-0.2, 0) is 4.79 Å². The van der Waals surface area contributed by atoms with Crippen molar-refractivity contribution in [2.45, 2.75) is 33.2 Å². The Morgan fingerprint density at radius 3 is 2.45 bits per heavy atom. The number of hydrazine groups is 1. The third-order valence-electron chi connectivity index (χ3n) is 2.23. The van der Waals surface area contributed by atoms with Crippen LogP contribution in [0.5, 0.6) is 0 Å². The van der Waals surface area contributed by atoms with Crippen LogP contribution in [0.2, 0.25) is 0 Å². The number of nitrogens with zero attached hydrogens (tertiary/aromatic N) is 2. The largest absolute Gasteiger partial charge is 0.277 e. The first-order valence-corrected chi connectivity index (χ1v) is 4.19. The molecule has 1 aliphatic heterocycles. The molecule has 0 spiro atoms. The lowest BCUT2D eigenvalue weighted by Crippen LogP contribution is -2.26. The minimum absolute atomic E-state index is 0.542.